The molecule has 0 bridgehead atoms. The average molecular weight is 504 g/mol. The number of carbonyl (C=O) groups is 2. The maximum atomic E-state index is 13.7. The van der Waals surface area contributed by atoms with Gasteiger partial charge in [-0.2, -0.15) is 5.26 Å². The fourth-order valence-corrected chi connectivity index (χ4v) is 4.43. The molecule has 0 spiro atoms. The minimum atomic E-state index is -2.80. The molecule has 36 heavy (non-hydrogen) atoms. The third-order valence-corrected chi connectivity index (χ3v) is 6.50. The summed E-state index contributed by atoms with van der Waals surface area (Å²) in [5.41, 5.74) is -0.286. The number of amides is 2. The lowest BCUT2D eigenvalue weighted by Gasteiger charge is -2.33. The zero-order valence-electron chi connectivity index (χ0n) is 20.4. The number of hydrogen-bond donors (Lipinski definition) is 3. The van der Waals surface area contributed by atoms with Gasteiger partial charge in [-0.1, -0.05) is 30.3 Å². The lowest BCUT2D eigenvalue weighted by Crippen LogP contribution is -2.48. The summed E-state index contributed by atoms with van der Waals surface area (Å²) in [5, 5.41) is 31.3. The summed E-state index contributed by atoms with van der Waals surface area (Å²) in [7, 11) is -1.80. The largest absolute Gasteiger partial charge is 0.475 e. The predicted molar refractivity (Wildman–Crippen MR) is 128 cm³/mol. The van der Waals surface area contributed by atoms with E-state index in [0.717, 1.165) is 5.56 Å². The molecular weight excluding hydrogens is 473 g/mol. The summed E-state index contributed by atoms with van der Waals surface area (Å²) in [4.78, 5) is 28.2. The Bertz CT molecular complexity index is 1020. The second-order valence-electron chi connectivity index (χ2n) is 9.77. The molecule has 12 heteroatoms. The first kappa shape index (κ1) is 27.6. The highest BCUT2D eigenvalue weighted by molar-refractivity contribution is 6.43. The first-order chi connectivity index (χ1) is 16.9. The van der Waals surface area contributed by atoms with Gasteiger partial charge in [0.25, 0.3) is 11.8 Å². The highest BCUT2D eigenvalue weighted by Gasteiger charge is 2.43. The van der Waals surface area contributed by atoms with E-state index in [4.69, 9.17) is 4.74 Å². The molecule has 2 amide bonds. The van der Waals surface area contributed by atoms with Crippen LogP contribution in [0.25, 0.3) is 0 Å². The molecule has 0 aromatic heterocycles. The third-order valence-electron chi connectivity index (χ3n) is 6.50. The Balaban J connectivity index is 1.56. The maximum absolute atomic E-state index is 13.7. The van der Waals surface area contributed by atoms with Crippen molar-refractivity contribution >= 4 is 19.1 Å². The van der Waals surface area contributed by atoms with E-state index >= 15 is 0 Å². The first-order valence-electron chi connectivity index (χ1n) is 11.8. The van der Waals surface area contributed by atoms with Gasteiger partial charge in [-0.15, -0.1) is 0 Å². The molecule has 2 saturated heterocycles. The van der Waals surface area contributed by atoms with Crippen molar-refractivity contribution in [1.29, 1.82) is 5.26 Å². The molecule has 2 fully saturated rings. The van der Waals surface area contributed by atoms with Crippen LogP contribution in [0.5, 0.6) is 0 Å². The zero-order chi connectivity index (χ0) is 26.5. The molecule has 0 radical (unpaired) electrons. The van der Waals surface area contributed by atoms with Crippen LogP contribution < -0.4 is 5.32 Å². The average Bonchev–Trinajstić information content (AvgIpc) is 3.43. The Hall–Kier alpha value is -3.01. The van der Waals surface area contributed by atoms with Gasteiger partial charge in [0.2, 0.25) is 0 Å². The van der Waals surface area contributed by atoms with Crippen molar-refractivity contribution in [1.82, 2.24) is 15.1 Å². The van der Waals surface area contributed by atoms with E-state index in [1.807, 2.05) is 12.1 Å². The van der Waals surface area contributed by atoms with Crippen LogP contribution in [0, 0.1) is 11.3 Å². The van der Waals surface area contributed by atoms with Gasteiger partial charge in [-0.05, 0) is 31.9 Å². The normalized spacial score (nSPS) is 21.1. The molecule has 1 unspecified atom stereocenters. The Kier molecular flexibility index (Phi) is 8.71. The SMILES string of the molecule is CC(C)(C=C(C#N)C(=O)N1CC[C@@H](OC(=O)NC(Cc2ccccc2)B(O)O)C1)N1CCC(F)(F)C1. The van der Waals surface area contributed by atoms with Crippen LogP contribution in [0.2, 0.25) is 0 Å². The van der Waals surface area contributed by atoms with Gasteiger partial charge in [-0.25, -0.2) is 13.6 Å². The number of halogens is 2. The Morgan fingerprint density at radius 2 is 2.03 bits per heavy atom. The van der Waals surface area contributed by atoms with Crippen LogP contribution in [-0.2, 0) is 16.0 Å². The maximum Gasteiger partial charge on any atom is 0.475 e. The lowest BCUT2D eigenvalue weighted by atomic mass is 9.76. The van der Waals surface area contributed by atoms with Crippen molar-refractivity contribution in [2.45, 2.75) is 56.6 Å². The van der Waals surface area contributed by atoms with E-state index in [2.05, 4.69) is 5.32 Å². The van der Waals surface area contributed by atoms with Crippen molar-refractivity contribution in [2.24, 2.45) is 0 Å². The minimum Gasteiger partial charge on any atom is -0.444 e. The molecule has 3 rings (SSSR count). The van der Waals surface area contributed by atoms with E-state index in [1.165, 1.54) is 11.0 Å². The monoisotopic (exact) mass is 504 g/mol. The van der Waals surface area contributed by atoms with Crippen LogP contribution in [0.1, 0.15) is 32.3 Å². The van der Waals surface area contributed by atoms with Gasteiger partial charge in [0.1, 0.15) is 17.7 Å². The molecule has 0 saturated carbocycles. The highest BCUT2D eigenvalue weighted by Crippen LogP contribution is 2.33. The quantitative estimate of drug-likeness (QED) is 0.278. The van der Waals surface area contributed by atoms with Crippen molar-refractivity contribution in [2.75, 3.05) is 26.2 Å². The van der Waals surface area contributed by atoms with Gasteiger partial charge < -0.3 is 25.0 Å². The van der Waals surface area contributed by atoms with Gasteiger partial charge in [0.05, 0.1) is 19.0 Å². The molecule has 1 aromatic carbocycles. The van der Waals surface area contributed by atoms with Crippen LogP contribution in [0.4, 0.5) is 13.6 Å². The number of nitriles is 1. The number of alkyl halides is 2. The minimum absolute atomic E-state index is 0.0541. The summed E-state index contributed by atoms with van der Waals surface area (Å²) in [6.45, 7) is 3.38. The molecule has 194 valence electrons. The molecule has 1 aromatic rings. The van der Waals surface area contributed by atoms with Gasteiger partial charge in [0.15, 0.2) is 0 Å². The van der Waals surface area contributed by atoms with Crippen LogP contribution >= 0.6 is 0 Å². The van der Waals surface area contributed by atoms with Crippen molar-refractivity contribution < 1.29 is 33.2 Å². The van der Waals surface area contributed by atoms with E-state index in [0.29, 0.717) is 6.42 Å². The van der Waals surface area contributed by atoms with Crippen LogP contribution in [0.15, 0.2) is 42.0 Å². The summed E-state index contributed by atoms with van der Waals surface area (Å²) in [6.07, 6.45) is 0.159. The number of hydrogen-bond acceptors (Lipinski definition) is 7. The van der Waals surface area contributed by atoms with E-state index in [-0.39, 0.29) is 38.0 Å². The van der Waals surface area contributed by atoms with Crippen LogP contribution in [-0.4, -0.2) is 88.7 Å². The second-order valence-corrected chi connectivity index (χ2v) is 9.77. The molecule has 2 aliphatic rings. The first-order valence-corrected chi connectivity index (χ1v) is 11.8. The highest BCUT2D eigenvalue weighted by atomic mass is 19.3. The number of nitrogens with one attached hydrogen (secondary N) is 1. The summed E-state index contributed by atoms with van der Waals surface area (Å²) in [5.74, 6) is -4.35. The number of alkyl carbamates (subject to hydrolysis) is 1. The standard InChI is InChI=1S/C24H31BF2N4O5/c1-23(2,31-11-9-24(26,27)16-31)13-18(14-28)21(32)30-10-8-19(15-30)36-22(33)29-20(25(34)35)12-17-6-4-3-5-7-17/h3-7,13,19-20,34-35H,8-12,15-16H2,1-2H3,(H,29,33)/t19-,20?/m1/s1. The molecule has 2 atom stereocenters. The summed E-state index contributed by atoms with van der Waals surface area (Å²) < 4.78 is 32.7. The topological polar surface area (TPSA) is 126 Å². The zero-order valence-corrected chi connectivity index (χ0v) is 20.4. The lowest BCUT2D eigenvalue weighted by molar-refractivity contribution is -0.126. The number of nitrogens with zero attached hydrogens (tertiary/aromatic N) is 3. The van der Waals surface area contributed by atoms with E-state index in [9.17, 15) is 33.7 Å². The Morgan fingerprint density at radius 1 is 1.33 bits per heavy atom. The fourth-order valence-electron chi connectivity index (χ4n) is 4.43. The van der Waals surface area contributed by atoms with Gasteiger partial charge in [-0.3, -0.25) is 9.69 Å². The number of likely N-dealkylation sites (tertiary alicyclic amines) is 2. The predicted octanol–water partition coefficient (Wildman–Crippen LogP) is 1.51. The Morgan fingerprint density at radius 3 is 2.61 bits per heavy atom. The molecule has 2 heterocycles. The smallest absolute Gasteiger partial charge is 0.444 e. The summed E-state index contributed by atoms with van der Waals surface area (Å²) >= 11 is 0. The fraction of sp³-hybridized carbons (Fsp3) is 0.542. The third kappa shape index (κ3) is 7.26. The number of rotatable bonds is 8. The number of carbonyl (C=O) groups excluding carboxylic acids is 2. The molecule has 9 nitrogen and oxygen atoms in total. The van der Waals surface area contributed by atoms with Crippen LogP contribution in [0.3, 0.4) is 0 Å². The van der Waals surface area contributed by atoms with Crippen molar-refractivity contribution in [3.8, 4) is 6.07 Å². The van der Waals surface area contributed by atoms with E-state index < -0.39 is 49.2 Å². The number of benzene rings is 1. The Labute approximate surface area is 209 Å². The van der Waals surface area contributed by atoms with Gasteiger partial charge >= 0.3 is 13.2 Å². The molecule has 2 aliphatic heterocycles. The van der Waals surface area contributed by atoms with Crippen molar-refractivity contribution in [3.63, 3.8) is 0 Å². The van der Waals surface area contributed by atoms with Crippen molar-refractivity contribution in [3.05, 3.63) is 47.5 Å². The van der Waals surface area contributed by atoms with Gasteiger partial charge in [0, 0.05) is 31.5 Å². The number of ether oxygens (including phenoxy) is 1. The van der Waals surface area contributed by atoms with E-state index in [1.54, 1.807) is 43.0 Å². The molecule has 3 N–H and O–H groups in total. The second kappa shape index (κ2) is 11.4. The molecular formula is C24H31BF2N4O5. The summed E-state index contributed by atoms with van der Waals surface area (Å²) in [6, 6.07) is 10.9. The molecule has 0 aliphatic carbocycles.